The Morgan fingerprint density at radius 1 is 1.30 bits per heavy atom. The van der Waals surface area contributed by atoms with Gasteiger partial charge < -0.3 is 9.64 Å². The summed E-state index contributed by atoms with van der Waals surface area (Å²) in [4.78, 5) is 25.8. The number of likely N-dealkylation sites (tertiary alicyclic amines) is 1. The van der Waals surface area contributed by atoms with Crippen LogP contribution in [0.5, 0.6) is 0 Å². The molecule has 0 N–H and O–H groups in total. The SMILES string of the molecule is COC(=O)CC1CCCCN1C(=O)/C=C/c1ccc(C)cc1C. The van der Waals surface area contributed by atoms with Gasteiger partial charge in [0.1, 0.15) is 0 Å². The van der Waals surface area contributed by atoms with Crippen molar-refractivity contribution < 1.29 is 14.3 Å². The predicted octanol–water partition coefficient (Wildman–Crippen LogP) is 3.26. The van der Waals surface area contributed by atoms with Crippen molar-refractivity contribution in [1.82, 2.24) is 4.90 Å². The molecule has 0 aliphatic carbocycles. The van der Waals surface area contributed by atoms with Crippen LogP contribution < -0.4 is 0 Å². The predicted molar refractivity (Wildman–Crippen MR) is 90.9 cm³/mol. The standard InChI is InChI=1S/C19H25NO3/c1-14-7-8-16(15(2)12-14)9-10-18(21)20-11-5-4-6-17(20)13-19(22)23-3/h7-10,12,17H,4-6,11,13H2,1-3H3/b10-9+. The average Bonchev–Trinajstić information content (AvgIpc) is 2.54. The molecule has 0 saturated carbocycles. The van der Waals surface area contributed by atoms with E-state index in [0.29, 0.717) is 6.54 Å². The molecule has 124 valence electrons. The molecule has 1 amide bonds. The molecular weight excluding hydrogens is 290 g/mol. The number of esters is 1. The monoisotopic (exact) mass is 315 g/mol. The van der Waals surface area contributed by atoms with Gasteiger partial charge in [0, 0.05) is 18.7 Å². The van der Waals surface area contributed by atoms with Crippen LogP contribution in [0.25, 0.3) is 6.08 Å². The number of piperidine rings is 1. The molecule has 1 atom stereocenters. The highest BCUT2D eigenvalue weighted by Gasteiger charge is 2.27. The van der Waals surface area contributed by atoms with Gasteiger partial charge in [-0.2, -0.15) is 0 Å². The molecule has 0 aromatic heterocycles. The highest BCUT2D eigenvalue weighted by atomic mass is 16.5. The van der Waals surface area contributed by atoms with Gasteiger partial charge in [0.15, 0.2) is 0 Å². The molecule has 4 nitrogen and oxygen atoms in total. The van der Waals surface area contributed by atoms with E-state index in [0.717, 1.165) is 30.4 Å². The number of hydrogen-bond acceptors (Lipinski definition) is 3. The first-order valence-electron chi connectivity index (χ1n) is 8.14. The van der Waals surface area contributed by atoms with E-state index < -0.39 is 0 Å². The van der Waals surface area contributed by atoms with Gasteiger partial charge in [0.05, 0.1) is 13.5 Å². The summed E-state index contributed by atoms with van der Waals surface area (Å²) in [6.45, 7) is 4.80. The second-order valence-corrected chi connectivity index (χ2v) is 6.15. The molecule has 1 aromatic rings. The number of rotatable bonds is 4. The van der Waals surface area contributed by atoms with Crippen LogP contribution in [-0.2, 0) is 14.3 Å². The molecular formula is C19H25NO3. The molecule has 2 rings (SSSR count). The van der Waals surface area contributed by atoms with Gasteiger partial charge in [0.2, 0.25) is 5.91 Å². The Labute approximate surface area is 138 Å². The molecule has 0 radical (unpaired) electrons. The zero-order chi connectivity index (χ0) is 16.8. The third kappa shape index (κ3) is 4.68. The van der Waals surface area contributed by atoms with Crippen molar-refractivity contribution in [3.8, 4) is 0 Å². The molecule has 1 fully saturated rings. The van der Waals surface area contributed by atoms with E-state index in [9.17, 15) is 9.59 Å². The third-order valence-electron chi connectivity index (χ3n) is 4.37. The van der Waals surface area contributed by atoms with Gasteiger partial charge in [-0.15, -0.1) is 0 Å². The zero-order valence-electron chi connectivity index (χ0n) is 14.2. The fourth-order valence-electron chi connectivity index (χ4n) is 3.05. The van der Waals surface area contributed by atoms with Crippen molar-refractivity contribution in [2.24, 2.45) is 0 Å². The fourth-order valence-corrected chi connectivity index (χ4v) is 3.05. The first-order chi connectivity index (χ1) is 11.0. The lowest BCUT2D eigenvalue weighted by atomic mass is 9.99. The van der Waals surface area contributed by atoms with E-state index in [4.69, 9.17) is 4.74 Å². The molecule has 1 unspecified atom stereocenters. The Bertz CT molecular complexity index is 607. The number of carbonyl (C=O) groups is 2. The molecule has 0 spiro atoms. The van der Waals surface area contributed by atoms with Crippen molar-refractivity contribution in [3.63, 3.8) is 0 Å². The van der Waals surface area contributed by atoms with Gasteiger partial charge in [-0.05, 0) is 50.3 Å². The molecule has 1 aliphatic rings. The maximum absolute atomic E-state index is 12.5. The van der Waals surface area contributed by atoms with Crippen LogP contribution in [-0.4, -0.2) is 36.5 Å². The number of aryl methyl sites for hydroxylation is 2. The minimum Gasteiger partial charge on any atom is -0.469 e. The summed E-state index contributed by atoms with van der Waals surface area (Å²) < 4.78 is 4.74. The van der Waals surface area contributed by atoms with Crippen LogP contribution in [0.1, 0.15) is 42.4 Å². The Kier molecular flexibility index (Phi) is 5.97. The fraction of sp³-hybridized carbons (Fsp3) is 0.474. The largest absolute Gasteiger partial charge is 0.469 e. The highest BCUT2D eigenvalue weighted by molar-refractivity contribution is 5.92. The number of methoxy groups -OCH3 is 1. The summed E-state index contributed by atoms with van der Waals surface area (Å²) in [5.74, 6) is -0.286. The summed E-state index contributed by atoms with van der Waals surface area (Å²) >= 11 is 0. The van der Waals surface area contributed by atoms with Crippen molar-refractivity contribution in [2.45, 2.75) is 45.6 Å². The zero-order valence-corrected chi connectivity index (χ0v) is 14.2. The van der Waals surface area contributed by atoms with Crippen LogP contribution in [0, 0.1) is 13.8 Å². The van der Waals surface area contributed by atoms with Gasteiger partial charge in [0.25, 0.3) is 0 Å². The summed E-state index contributed by atoms with van der Waals surface area (Å²) in [6, 6.07) is 6.12. The lowest BCUT2D eigenvalue weighted by Crippen LogP contribution is -2.44. The summed E-state index contributed by atoms with van der Waals surface area (Å²) in [5, 5.41) is 0. The van der Waals surface area contributed by atoms with Crippen LogP contribution in [0.4, 0.5) is 0 Å². The first kappa shape index (κ1) is 17.3. The molecule has 1 saturated heterocycles. The van der Waals surface area contributed by atoms with E-state index in [1.807, 2.05) is 25.1 Å². The second-order valence-electron chi connectivity index (χ2n) is 6.15. The van der Waals surface area contributed by atoms with E-state index in [-0.39, 0.29) is 24.3 Å². The normalized spacial score (nSPS) is 18.2. The van der Waals surface area contributed by atoms with E-state index in [1.54, 1.807) is 11.0 Å². The van der Waals surface area contributed by atoms with Crippen molar-refractivity contribution in [3.05, 3.63) is 41.0 Å². The quantitative estimate of drug-likeness (QED) is 0.633. The summed E-state index contributed by atoms with van der Waals surface area (Å²) in [5.41, 5.74) is 3.41. The third-order valence-corrected chi connectivity index (χ3v) is 4.37. The molecule has 4 heteroatoms. The lowest BCUT2D eigenvalue weighted by Gasteiger charge is -2.34. The summed E-state index contributed by atoms with van der Waals surface area (Å²) in [7, 11) is 1.39. The highest BCUT2D eigenvalue weighted by Crippen LogP contribution is 2.21. The minimum absolute atomic E-state index is 0.0291. The Morgan fingerprint density at radius 3 is 2.78 bits per heavy atom. The molecule has 23 heavy (non-hydrogen) atoms. The van der Waals surface area contributed by atoms with Gasteiger partial charge in [-0.3, -0.25) is 9.59 Å². The average molecular weight is 315 g/mol. The van der Waals surface area contributed by atoms with Crippen LogP contribution in [0.15, 0.2) is 24.3 Å². The number of hydrogen-bond donors (Lipinski definition) is 0. The van der Waals surface area contributed by atoms with E-state index >= 15 is 0 Å². The maximum Gasteiger partial charge on any atom is 0.307 e. The second kappa shape index (κ2) is 7.95. The number of nitrogens with zero attached hydrogens (tertiary/aromatic N) is 1. The number of ether oxygens (including phenoxy) is 1. The van der Waals surface area contributed by atoms with Crippen molar-refractivity contribution >= 4 is 18.0 Å². The first-order valence-corrected chi connectivity index (χ1v) is 8.14. The lowest BCUT2D eigenvalue weighted by molar-refractivity contribution is -0.143. The van der Waals surface area contributed by atoms with Gasteiger partial charge in [-0.1, -0.05) is 23.8 Å². The number of amides is 1. The maximum atomic E-state index is 12.5. The Balaban J connectivity index is 2.07. The smallest absolute Gasteiger partial charge is 0.307 e. The number of carbonyl (C=O) groups excluding carboxylic acids is 2. The van der Waals surface area contributed by atoms with Crippen LogP contribution in [0.3, 0.4) is 0 Å². The topological polar surface area (TPSA) is 46.6 Å². The summed E-state index contributed by atoms with van der Waals surface area (Å²) in [6.07, 6.45) is 6.65. The molecule has 1 heterocycles. The molecule has 1 aliphatic heterocycles. The van der Waals surface area contributed by atoms with Crippen molar-refractivity contribution in [2.75, 3.05) is 13.7 Å². The van der Waals surface area contributed by atoms with E-state index in [2.05, 4.69) is 13.0 Å². The van der Waals surface area contributed by atoms with Crippen molar-refractivity contribution in [1.29, 1.82) is 0 Å². The minimum atomic E-state index is -0.256. The van der Waals surface area contributed by atoms with Gasteiger partial charge >= 0.3 is 5.97 Å². The molecule has 1 aromatic carbocycles. The van der Waals surface area contributed by atoms with Crippen LogP contribution >= 0.6 is 0 Å². The van der Waals surface area contributed by atoms with Crippen LogP contribution in [0.2, 0.25) is 0 Å². The van der Waals surface area contributed by atoms with E-state index in [1.165, 1.54) is 12.7 Å². The molecule has 0 bridgehead atoms. The Morgan fingerprint density at radius 2 is 2.09 bits per heavy atom. The number of benzene rings is 1. The Hall–Kier alpha value is -2.10. The van der Waals surface area contributed by atoms with Gasteiger partial charge in [-0.25, -0.2) is 0 Å².